The standard InChI is InChI=1S/C17H20FN6O2P/c1-9-7-24(6-5-19-9)11-4-2-3-10(22-11)13-12-14(15(18)27)26-17(25)23-16(12)21-8-20-13/h2-4,8-9,14-15,19H,5-7,27H2,1H3,(H,20,21,23,25)/t9-,14?,15?/m0/s1. The van der Waals surface area contributed by atoms with Crippen molar-refractivity contribution < 1.29 is 13.9 Å². The van der Waals surface area contributed by atoms with Crippen molar-refractivity contribution in [1.82, 2.24) is 20.3 Å². The summed E-state index contributed by atoms with van der Waals surface area (Å²) in [6.07, 6.45) is -0.521. The number of alkyl halides is 1. The fourth-order valence-corrected chi connectivity index (χ4v) is 3.64. The van der Waals surface area contributed by atoms with Crippen LogP contribution in [0.3, 0.4) is 0 Å². The molecule has 1 amide bonds. The van der Waals surface area contributed by atoms with Gasteiger partial charge in [-0.05, 0) is 19.1 Å². The van der Waals surface area contributed by atoms with E-state index in [-0.39, 0.29) is 5.82 Å². The van der Waals surface area contributed by atoms with Crippen molar-refractivity contribution in [2.45, 2.75) is 25.0 Å². The third-order valence-electron chi connectivity index (χ3n) is 4.58. The molecule has 2 N–H and O–H groups in total. The second-order valence-corrected chi connectivity index (χ2v) is 7.20. The van der Waals surface area contributed by atoms with Crippen molar-refractivity contribution in [1.29, 1.82) is 0 Å². The van der Waals surface area contributed by atoms with E-state index in [9.17, 15) is 9.18 Å². The van der Waals surface area contributed by atoms with Crippen LogP contribution in [0.1, 0.15) is 18.6 Å². The molecule has 0 bridgehead atoms. The normalized spacial score (nSPS) is 23.2. The lowest BCUT2D eigenvalue weighted by Crippen LogP contribution is -2.49. The Hall–Kier alpha value is -2.38. The van der Waals surface area contributed by atoms with Crippen LogP contribution in [0.4, 0.5) is 20.8 Å². The lowest BCUT2D eigenvalue weighted by molar-refractivity contribution is 0.0777. The molecule has 8 nitrogen and oxygen atoms in total. The van der Waals surface area contributed by atoms with Gasteiger partial charge in [-0.15, -0.1) is 0 Å². The molecule has 3 unspecified atom stereocenters. The first-order valence-corrected chi connectivity index (χ1v) is 9.37. The van der Waals surface area contributed by atoms with Crippen molar-refractivity contribution in [3.63, 3.8) is 0 Å². The minimum atomic E-state index is -1.49. The summed E-state index contributed by atoms with van der Waals surface area (Å²) in [5, 5.41) is 5.90. The zero-order valence-electron chi connectivity index (χ0n) is 14.7. The molecule has 2 aromatic rings. The van der Waals surface area contributed by atoms with Crippen molar-refractivity contribution >= 4 is 27.0 Å². The Balaban J connectivity index is 1.75. The fraction of sp³-hybridized carbons (Fsp3) is 0.412. The van der Waals surface area contributed by atoms with E-state index in [4.69, 9.17) is 9.72 Å². The van der Waals surface area contributed by atoms with Gasteiger partial charge in [0.25, 0.3) is 0 Å². The highest BCUT2D eigenvalue weighted by atomic mass is 31.0. The molecule has 0 saturated carbocycles. The second kappa shape index (κ2) is 7.32. The van der Waals surface area contributed by atoms with Gasteiger partial charge >= 0.3 is 6.09 Å². The number of aromatic nitrogens is 3. The van der Waals surface area contributed by atoms with E-state index >= 15 is 0 Å². The van der Waals surface area contributed by atoms with Crippen molar-refractivity contribution in [2.75, 3.05) is 29.9 Å². The molecule has 10 heteroatoms. The van der Waals surface area contributed by atoms with Crippen LogP contribution in [0, 0.1) is 0 Å². The summed E-state index contributed by atoms with van der Waals surface area (Å²) in [6, 6.07) is 6.01. The summed E-state index contributed by atoms with van der Waals surface area (Å²) in [6.45, 7) is 4.71. The summed E-state index contributed by atoms with van der Waals surface area (Å²) in [4.78, 5) is 27.0. The van der Waals surface area contributed by atoms with Crippen LogP contribution < -0.4 is 15.5 Å². The van der Waals surface area contributed by atoms with Crippen LogP contribution >= 0.6 is 9.24 Å². The second-order valence-electron chi connectivity index (χ2n) is 6.56. The Kier molecular flexibility index (Phi) is 4.88. The number of fused-ring (bicyclic) bond motifs is 1. The highest BCUT2D eigenvalue weighted by Gasteiger charge is 2.35. The van der Waals surface area contributed by atoms with E-state index < -0.39 is 18.1 Å². The van der Waals surface area contributed by atoms with Crippen molar-refractivity contribution in [2.24, 2.45) is 0 Å². The fourth-order valence-electron chi connectivity index (χ4n) is 3.37. The molecule has 4 heterocycles. The number of carbonyl (C=O) groups is 1. The summed E-state index contributed by atoms with van der Waals surface area (Å²) in [5.41, 5.74) is 1.41. The number of pyridine rings is 1. The van der Waals surface area contributed by atoms with Gasteiger partial charge in [-0.2, -0.15) is 0 Å². The van der Waals surface area contributed by atoms with Gasteiger partial charge in [0.1, 0.15) is 23.7 Å². The SMILES string of the molecule is C[C@H]1CN(c2cccc(-c3ncnc4c3C(C(F)P)OC(=O)N4)n2)CCN1. The van der Waals surface area contributed by atoms with Crippen LogP contribution in [-0.4, -0.2) is 52.6 Å². The smallest absolute Gasteiger partial charge is 0.413 e. The molecule has 0 spiro atoms. The predicted molar refractivity (Wildman–Crippen MR) is 102 cm³/mol. The first-order valence-electron chi connectivity index (χ1n) is 8.71. The number of hydrogen-bond acceptors (Lipinski definition) is 7. The number of piperazine rings is 1. The minimum absolute atomic E-state index is 0.245. The largest absolute Gasteiger partial charge is 0.437 e. The minimum Gasteiger partial charge on any atom is -0.437 e. The number of carbonyl (C=O) groups excluding carboxylic acids is 1. The number of cyclic esters (lactones) is 1. The lowest BCUT2D eigenvalue weighted by atomic mass is 10.0. The van der Waals surface area contributed by atoms with Gasteiger partial charge in [-0.25, -0.2) is 24.1 Å². The van der Waals surface area contributed by atoms with Gasteiger partial charge in [0, 0.05) is 25.7 Å². The van der Waals surface area contributed by atoms with Crippen LogP contribution in [0.15, 0.2) is 24.5 Å². The van der Waals surface area contributed by atoms with Crippen LogP contribution in [-0.2, 0) is 4.74 Å². The summed E-state index contributed by atoms with van der Waals surface area (Å²) in [5.74, 6) is -0.417. The van der Waals surface area contributed by atoms with Gasteiger partial charge in [0.15, 0.2) is 12.0 Å². The maximum Gasteiger partial charge on any atom is 0.413 e. The number of rotatable bonds is 3. The topological polar surface area (TPSA) is 92.3 Å². The van der Waals surface area contributed by atoms with Gasteiger partial charge < -0.3 is 15.0 Å². The van der Waals surface area contributed by atoms with Gasteiger partial charge in [0.2, 0.25) is 0 Å². The Bertz CT molecular complexity index is 867. The lowest BCUT2D eigenvalue weighted by Gasteiger charge is -2.33. The average Bonchev–Trinajstić information content (AvgIpc) is 2.66. The Morgan fingerprint density at radius 1 is 1.41 bits per heavy atom. The molecule has 4 rings (SSSR count). The average molecular weight is 390 g/mol. The molecule has 27 heavy (non-hydrogen) atoms. The van der Waals surface area contributed by atoms with Gasteiger partial charge in [-0.3, -0.25) is 5.32 Å². The first-order chi connectivity index (χ1) is 13.0. The van der Waals surface area contributed by atoms with Gasteiger partial charge in [0.05, 0.1) is 11.3 Å². The quantitative estimate of drug-likeness (QED) is 0.776. The molecule has 2 aliphatic rings. The molecule has 142 valence electrons. The van der Waals surface area contributed by atoms with Crippen LogP contribution in [0.2, 0.25) is 0 Å². The molecule has 0 aliphatic carbocycles. The summed E-state index contributed by atoms with van der Waals surface area (Å²) >= 11 is 0. The molecule has 2 aromatic heterocycles. The highest BCUT2D eigenvalue weighted by Crippen LogP contribution is 2.40. The van der Waals surface area contributed by atoms with Crippen molar-refractivity contribution in [3.8, 4) is 11.4 Å². The molecule has 1 saturated heterocycles. The number of nitrogens with one attached hydrogen (secondary N) is 2. The van der Waals surface area contributed by atoms with E-state index in [0.717, 1.165) is 25.5 Å². The number of halogens is 1. The van der Waals surface area contributed by atoms with E-state index in [1.165, 1.54) is 6.33 Å². The van der Waals surface area contributed by atoms with Gasteiger partial charge in [-0.1, -0.05) is 15.3 Å². The van der Waals surface area contributed by atoms with E-state index in [2.05, 4.69) is 32.4 Å². The third kappa shape index (κ3) is 3.57. The molecule has 1 fully saturated rings. The van der Waals surface area contributed by atoms with Crippen LogP contribution in [0.25, 0.3) is 11.4 Å². The molecule has 0 aromatic carbocycles. The predicted octanol–water partition coefficient (Wildman–Crippen LogP) is 2.11. The highest BCUT2D eigenvalue weighted by molar-refractivity contribution is 7.17. The van der Waals surface area contributed by atoms with Crippen LogP contribution in [0.5, 0.6) is 0 Å². The number of ether oxygens (including phenoxy) is 1. The Morgan fingerprint density at radius 3 is 3.04 bits per heavy atom. The third-order valence-corrected chi connectivity index (χ3v) is 4.93. The zero-order valence-corrected chi connectivity index (χ0v) is 15.9. The molecule has 2 aliphatic heterocycles. The molecule has 4 atom stereocenters. The molecular weight excluding hydrogens is 370 g/mol. The summed E-state index contributed by atoms with van der Waals surface area (Å²) < 4.78 is 19.2. The number of amides is 1. The number of nitrogens with zero attached hydrogens (tertiary/aromatic N) is 4. The number of hydrogen-bond donors (Lipinski definition) is 2. The monoisotopic (exact) mass is 390 g/mol. The Morgan fingerprint density at radius 2 is 2.26 bits per heavy atom. The van der Waals surface area contributed by atoms with E-state index in [1.807, 2.05) is 21.4 Å². The molecular formula is C17H20FN6O2P. The maximum atomic E-state index is 14.1. The Labute approximate surface area is 158 Å². The van der Waals surface area contributed by atoms with E-state index in [0.29, 0.717) is 23.0 Å². The first kappa shape index (κ1) is 18.0. The van der Waals surface area contributed by atoms with E-state index in [1.54, 1.807) is 6.07 Å². The maximum absolute atomic E-state index is 14.1. The molecule has 0 radical (unpaired) electrons. The zero-order chi connectivity index (χ0) is 19.0. The number of anilines is 2. The van der Waals surface area contributed by atoms with Crippen molar-refractivity contribution in [3.05, 3.63) is 30.1 Å². The summed E-state index contributed by atoms with van der Waals surface area (Å²) in [7, 11) is 2.02.